The predicted octanol–water partition coefficient (Wildman–Crippen LogP) is 2.24. The Morgan fingerprint density at radius 1 is 1.53 bits per heavy atom. The molecule has 1 rings (SSSR count). The fourth-order valence-electron chi connectivity index (χ4n) is 1.90. The van der Waals surface area contributed by atoms with Crippen molar-refractivity contribution in [3.8, 4) is 6.07 Å². The maximum absolute atomic E-state index is 13.7. The first kappa shape index (κ1) is 15.1. The Hall–Kier alpha value is -1.93. The number of hydrogen-bond acceptors (Lipinski definition) is 3. The van der Waals surface area contributed by atoms with Gasteiger partial charge in [0, 0.05) is 18.7 Å². The number of carboxylic acids is 1. The van der Waals surface area contributed by atoms with E-state index in [9.17, 15) is 9.18 Å². The molecule has 0 aliphatic rings. The van der Waals surface area contributed by atoms with E-state index in [1.807, 2.05) is 19.9 Å². The van der Waals surface area contributed by atoms with Crippen molar-refractivity contribution in [2.45, 2.75) is 20.4 Å². The molecule has 0 amide bonds. The molecule has 0 fully saturated rings. The van der Waals surface area contributed by atoms with Crippen LogP contribution < -0.4 is 0 Å². The van der Waals surface area contributed by atoms with Crippen LogP contribution in [0.1, 0.15) is 25.0 Å². The van der Waals surface area contributed by atoms with Crippen LogP contribution in [0.3, 0.4) is 0 Å². The lowest BCUT2D eigenvalue weighted by Crippen LogP contribution is -2.32. The largest absolute Gasteiger partial charge is 0.480 e. The molecule has 0 radical (unpaired) electrons. The monoisotopic (exact) mass is 264 g/mol. The molecule has 0 saturated carbocycles. The number of carbonyl (C=O) groups is 1. The molecule has 4 nitrogen and oxygen atoms in total. The Labute approximate surface area is 112 Å². The minimum absolute atomic E-state index is 0.144. The van der Waals surface area contributed by atoms with Gasteiger partial charge in [0.05, 0.1) is 18.2 Å². The van der Waals surface area contributed by atoms with E-state index in [1.54, 1.807) is 4.90 Å². The Morgan fingerprint density at radius 3 is 2.74 bits per heavy atom. The molecule has 0 aromatic heterocycles. The highest BCUT2D eigenvalue weighted by atomic mass is 19.1. The van der Waals surface area contributed by atoms with Gasteiger partial charge in [-0.3, -0.25) is 9.69 Å². The smallest absolute Gasteiger partial charge is 0.317 e. The van der Waals surface area contributed by atoms with Crippen LogP contribution in [-0.2, 0) is 11.3 Å². The lowest BCUT2D eigenvalue weighted by atomic mass is 10.1. The highest BCUT2D eigenvalue weighted by Gasteiger charge is 2.14. The Balaban J connectivity index is 2.88. The number of nitrogens with zero attached hydrogens (tertiary/aromatic N) is 2. The summed E-state index contributed by atoms with van der Waals surface area (Å²) in [6.07, 6.45) is 0. The van der Waals surface area contributed by atoms with E-state index >= 15 is 0 Å². The molecular weight excluding hydrogens is 247 g/mol. The zero-order valence-electron chi connectivity index (χ0n) is 11.1. The van der Waals surface area contributed by atoms with Crippen molar-refractivity contribution in [2.75, 3.05) is 13.1 Å². The number of rotatable bonds is 6. The average Bonchev–Trinajstić information content (AvgIpc) is 2.30. The molecular formula is C14H17FN2O2. The summed E-state index contributed by atoms with van der Waals surface area (Å²) < 4.78 is 13.7. The van der Waals surface area contributed by atoms with Crippen LogP contribution in [0.2, 0.25) is 0 Å². The van der Waals surface area contributed by atoms with Gasteiger partial charge in [-0.05, 0) is 24.1 Å². The molecule has 5 heteroatoms. The third kappa shape index (κ3) is 5.06. The molecule has 1 aromatic carbocycles. The van der Waals surface area contributed by atoms with E-state index in [0.717, 1.165) is 0 Å². The lowest BCUT2D eigenvalue weighted by molar-refractivity contribution is -0.138. The van der Waals surface area contributed by atoms with Crippen molar-refractivity contribution < 1.29 is 14.3 Å². The molecule has 102 valence electrons. The van der Waals surface area contributed by atoms with Gasteiger partial charge in [0.15, 0.2) is 0 Å². The molecule has 0 atom stereocenters. The third-order valence-corrected chi connectivity index (χ3v) is 2.55. The summed E-state index contributed by atoms with van der Waals surface area (Å²) in [7, 11) is 0. The minimum atomic E-state index is -0.947. The summed E-state index contributed by atoms with van der Waals surface area (Å²) in [6.45, 7) is 4.54. The minimum Gasteiger partial charge on any atom is -0.480 e. The maximum Gasteiger partial charge on any atom is 0.317 e. The van der Waals surface area contributed by atoms with Crippen molar-refractivity contribution in [3.05, 3.63) is 35.1 Å². The van der Waals surface area contributed by atoms with Gasteiger partial charge in [-0.1, -0.05) is 13.8 Å². The van der Waals surface area contributed by atoms with Crippen molar-refractivity contribution >= 4 is 5.97 Å². The average molecular weight is 264 g/mol. The second kappa shape index (κ2) is 6.86. The van der Waals surface area contributed by atoms with Crippen LogP contribution in [0.15, 0.2) is 18.2 Å². The first-order valence-electron chi connectivity index (χ1n) is 6.05. The number of carboxylic acid groups (broad SMARTS) is 1. The molecule has 0 bridgehead atoms. The van der Waals surface area contributed by atoms with Gasteiger partial charge in [0.1, 0.15) is 5.82 Å². The normalized spacial score (nSPS) is 10.7. The van der Waals surface area contributed by atoms with E-state index < -0.39 is 11.8 Å². The molecule has 1 aromatic rings. The van der Waals surface area contributed by atoms with E-state index in [1.165, 1.54) is 18.2 Å². The van der Waals surface area contributed by atoms with Crippen LogP contribution in [0, 0.1) is 23.1 Å². The first-order chi connectivity index (χ1) is 8.92. The predicted molar refractivity (Wildman–Crippen MR) is 68.9 cm³/mol. The summed E-state index contributed by atoms with van der Waals surface area (Å²) in [5.74, 6) is -1.09. The summed E-state index contributed by atoms with van der Waals surface area (Å²) >= 11 is 0. The first-order valence-corrected chi connectivity index (χ1v) is 6.05. The van der Waals surface area contributed by atoms with Crippen LogP contribution in [0.4, 0.5) is 4.39 Å². The van der Waals surface area contributed by atoms with E-state index in [0.29, 0.717) is 17.7 Å². The molecule has 0 unspecified atom stereocenters. The van der Waals surface area contributed by atoms with Crippen molar-refractivity contribution in [3.63, 3.8) is 0 Å². The van der Waals surface area contributed by atoms with Crippen LogP contribution >= 0.6 is 0 Å². The number of aliphatic carboxylic acids is 1. The summed E-state index contributed by atoms with van der Waals surface area (Å²) in [5.41, 5.74) is 0.720. The fourth-order valence-corrected chi connectivity index (χ4v) is 1.90. The van der Waals surface area contributed by atoms with E-state index in [4.69, 9.17) is 10.4 Å². The summed E-state index contributed by atoms with van der Waals surface area (Å²) in [6, 6.07) is 6.05. The van der Waals surface area contributed by atoms with Gasteiger partial charge >= 0.3 is 5.97 Å². The Morgan fingerprint density at radius 2 is 2.21 bits per heavy atom. The standard InChI is InChI=1S/C14H17FN2O2/c1-10(2)7-17(9-14(18)19)8-12-5-11(6-16)3-4-13(12)15/h3-5,10H,7-9H2,1-2H3,(H,18,19). The van der Waals surface area contributed by atoms with Gasteiger partial charge in [-0.25, -0.2) is 4.39 Å². The zero-order chi connectivity index (χ0) is 14.4. The summed E-state index contributed by atoms with van der Waals surface area (Å²) in [5, 5.41) is 17.7. The third-order valence-electron chi connectivity index (χ3n) is 2.55. The quantitative estimate of drug-likeness (QED) is 0.855. The van der Waals surface area contributed by atoms with Crippen molar-refractivity contribution in [1.82, 2.24) is 4.90 Å². The second-order valence-electron chi connectivity index (χ2n) is 4.88. The zero-order valence-corrected chi connectivity index (χ0v) is 11.1. The van der Waals surface area contributed by atoms with Crippen LogP contribution in [-0.4, -0.2) is 29.1 Å². The van der Waals surface area contributed by atoms with Gasteiger partial charge in [0.2, 0.25) is 0 Å². The SMILES string of the molecule is CC(C)CN(CC(=O)O)Cc1cc(C#N)ccc1F. The van der Waals surface area contributed by atoms with Gasteiger partial charge in [0.25, 0.3) is 0 Å². The van der Waals surface area contributed by atoms with Crippen molar-refractivity contribution in [2.24, 2.45) is 5.92 Å². The van der Waals surface area contributed by atoms with E-state index in [2.05, 4.69) is 0 Å². The van der Waals surface area contributed by atoms with Gasteiger partial charge in [-0.2, -0.15) is 5.26 Å². The van der Waals surface area contributed by atoms with Crippen LogP contribution in [0.25, 0.3) is 0 Å². The van der Waals surface area contributed by atoms with Gasteiger partial charge < -0.3 is 5.11 Å². The van der Waals surface area contributed by atoms with Gasteiger partial charge in [-0.15, -0.1) is 0 Å². The van der Waals surface area contributed by atoms with E-state index in [-0.39, 0.29) is 19.0 Å². The molecule has 19 heavy (non-hydrogen) atoms. The number of benzene rings is 1. The lowest BCUT2D eigenvalue weighted by Gasteiger charge is -2.22. The number of nitriles is 1. The maximum atomic E-state index is 13.7. The number of hydrogen-bond donors (Lipinski definition) is 1. The number of halogens is 1. The fraction of sp³-hybridized carbons (Fsp3) is 0.429. The second-order valence-corrected chi connectivity index (χ2v) is 4.88. The molecule has 0 aliphatic carbocycles. The molecule has 1 N–H and O–H groups in total. The molecule has 0 saturated heterocycles. The Bertz CT molecular complexity index is 495. The van der Waals surface area contributed by atoms with Crippen LogP contribution in [0.5, 0.6) is 0 Å². The topological polar surface area (TPSA) is 64.3 Å². The highest BCUT2D eigenvalue weighted by Crippen LogP contribution is 2.14. The Kier molecular flexibility index (Phi) is 5.46. The highest BCUT2D eigenvalue weighted by molar-refractivity contribution is 5.69. The van der Waals surface area contributed by atoms with Crippen molar-refractivity contribution in [1.29, 1.82) is 5.26 Å². The molecule has 0 heterocycles. The summed E-state index contributed by atoms with van der Waals surface area (Å²) in [4.78, 5) is 12.5. The molecule has 0 spiro atoms. The molecule has 0 aliphatic heterocycles.